The van der Waals surface area contributed by atoms with Crippen molar-refractivity contribution in [2.24, 2.45) is 5.92 Å². The van der Waals surface area contributed by atoms with Gasteiger partial charge >= 0.3 is 6.09 Å². The third-order valence-corrected chi connectivity index (χ3v) is 6.80. The fourth-order valence-corrected chi connectivity index (χ4v) is 4.94. The van der Waals surface area contributed by atoms with Crippen molar-refractivity contribution in [3.8, 4) is 0 Å². The molecule has 1 aliphatic rings. The number of hydrogen-bond acceptors (Lipinski definition) is 5. The maximum atomic E-state index is 12.9. The van der Waals surface area contributed by atoms with Gasteiger partial charge in [0.05, 0.1) is 11.5 Å². The highest BCUT2D eigenvalue weighted by atomic mass is 32.2. The zero-order valence-electron chi connectivity index (χ0n) is 16.7. The fraction of sp³-hybridized carbons (Fsp3) is 0.579. The van der Waals surface area contributed by atoms with E-state index in [0.29, 0.717) is 44.0 Å². The lowest BCUT2D eigenvalue weighted by Crippen LogP contribution is -2.44. The van der Waals surface area contributed by atoms with E-state index < -0.39 is 16.1 Å². The van der Waals surface area contributed by atoms with Gasteiger partial charge in [-0.3, -0.25) is 4.79 Å². The highest BCUT2D eigenvalue weighted by Crippen LogP contribution is 2.26. The van der Waals surface area contributed by atoms with Crippen LogP contribution in [0.3, 0.4) is 0 Å². The van der Waals surface area contributed by atoms with Crippen LogP contribution in [0, 0.1) is 19.8 Å². The molecule has 28 heavy (non-hydrogen) atoms. The number of aryl methyl sites for hydroxylation is 2. The maximum Gasteiger partial charge on any atom is 0.407 e. The van der Waals surface area contributed by atoms with Crippen LogP contribution < -0.4 is 10.6 Å². The molecule has 0 unspecified atom stereocenters. The Kier molecular flexibility index (Phi) is 7.82. The van der Waals surface area contributed by atoms with Gasteiger partial charge in [-0.25, -0.2) is 13.2 Å². The van der Waals surface area contributed by atoms with Crippen LogP contribution >= 0.6 is 0 Å². The number of sulfonamides is 1. The van der Waals surface area contributed by atoms with E-state index in [4.69, 9.17) is 4.74 Å². The zero-order valence-corrected chi connectivity index (χ0v) is 17.5. The van der Waals surface area contributed by atoms with Crippen molar-refractivity contribution >= 4 is 22.0 Å². The number of rotatable bonds is 7. The Hall–Kier alpha value is -2.13. The number of ether oxygens (including phenoxy) is 1. The molecule has 0 saturated carbocycles. The van der Waals surface area contributed by atoms with Gasteiger partial charge in [0.25, 0.3) is 0 Å². The summed E-state index contributed by atoms with van der Waals surface area (Å²) < 4.78 is 32.0. The molecule has 0 aromatic heterocycles. The van der Waals surface area contributed by atoms with Crippen molar-refractivity contribution in [3.05, 3.63) is 29.3 Å². The molecule has 1 heterocycles. The van der Waals surface area contributed by atoms with Crippen LogP contribution in [-0.4, -0.2) is 57.5 Å². The predicted octanol–water partition coefficient (Wildman–Crippen LogP) is 1.57. The lowest BCUT2D eigenvalue weighted by molar-refractivity contribution is -0.126. The van der Waals surface area contributed by atoms with Crippen LogP contribution in [0.15, 0.2) is 23.1 Å². The summed E-state index contributed by atoms with van der Waals surface area (Å²) in [5.74, 6) is -0.345. The number of alkyl carbamates (subject to hydrolysis) is 1. The number of nitrogens with one attached hydrogen (secondary N) is 2. The van der Waals surface area contributed by atoms with Crippen molar-refractivity contribution in [2.75, 3.05) is 32.8 Å². The molecule has 1 aromatic carbocycles. The van der Waals surface area contributed by atoms with Gasteiger partial charge in [0.1, 0.15) is 0 Å². The highest BCUT2D eigenvalue weighted by molar-refractivity contribution is 7.89. The Morgan fingerprint density at radius 2 is 1.79 bits per heavy atom. The van der Waals surface area contributed by atoms with Crippen molar-refractivity contribution < 1.29 is 22.7 Å². The number of carbonyl (C=O) groups is 2. The summed E-state index contributed by atoms with van der Waals surface area (Å²) in [6.07, 6.45) is 0.435. The van der Waals surface area contributed by atoms with Crippen LogP contribution in [0.25, 0.3) is 0 Å². The number of amides is 2. The molecule has 2 amide bonds. The van der Waals surface area contributed by atoms with Gasteiger partial charge in [-0.2, -0.15) is 4.31 Å². The van der Waals surface area contributed by atoms with Gasteiger partial charge in [-0.05, 0) is 45.2 Å². The van der Waals surface area contributed by atoms with E-state index in [0.717, 1.165) is 11.1 Å². The molecule has 1 aliphatic heterocycles. The van der Waals surface area contributed by atoms with E-state index in [1.807, 2.05) is 13.0 Å². The summed E-state index contributed by atoms with van der Waals surface area (Å²) in [7, 11) is -3.55. The number of piperidine rings is 1. The molecule has 156 valence electrons. The second-order valence-corrected chi connectivity index (χ2v) is 8.79. The third kappa shape index (κ3) is 5.68. The first-order valence-corrected chi connectivity index (χ1v) is 11.0. The highest BCUT2D eigenvalue weighted by Gasteiger charge is 2.32. The van der Waals surface area contributed by atoms with Gasteiger partial charge in [-0.1, -0.05) is 17.7 Å². The third-order valence-electron chi connectivity index (χ3n) is 4.74. The minimum Gasteiger partial charge on any atom is -0.450 e. The van der Waals surface area contributed by atoms with Crippen molar-refractivity contribution in [3.63, 3.8) is 0 Å². The van der Waals surface area contributed by atoms with E-state index in [2.05, 4.69) is 10.6 Å². The second-order valence-electron chi connectivity index (χ2n) is 6.89. The molecule has 0 bridgehead atoms. The van der Waals surface area contributed by atoms with Crippen LogP contribution in [0.4, 0.5) is 4.79 Å². The molecule has 1 aromatic rings. The molecule has 2 rings (SSSR count). The predicted molar refractivity (Wildman–Crippen MR) is 105 cm³/mol. The van der Waals surface area contributed by atoms with E-state index in [1.54, 1.807) is 26.0 Å². The van der Waals surface area contributed by atoms with Gasteiger partial charge in [0.2, 0.25) is 15.9 Å². The second kappa shape index (κ2) is 9.88. The summed E-state index contributed by atoms with van der Waals surface area (Å²) in [4.78, 5) is 23.8. The lowest BCUT2D eigenvalue weighted by atomic mass is 9.97. The Bertz CT molecular complexity index is 802. The van der Waals surface area contributed by atoms with Crippen molar-refractivity contribution in [1.29, 1.82) is 0 Å². The molecular formula is C19H29N3O5S. The quantitative estimate of drug-likeness (QED) is 0.663. The topological polar surface area (TPSA) is 105 Å². The Labute approximate surface area is 166 Å². The first-order chi connectivity index (χ1) is 13.3. The van der Waals surface area contributed by atoms with Crippen LogP contribution in [0.1, 0.15) is 30.9 Å². The first kappa shape index (κ1) is 22.2. The number of benzene rings is 1. The van der Waals surface area contributed by atoms with Gasteiger partial charge < -0.3 is 15.4 Å². The van der Waals surface area contributed by atoms with Crippen molar-refractivity contribution in [2.45, 2.75) is 38.5 Å². The molecule has 8 nitrogen and oxygen atoms in total. The zero-order chi connectivity index (χ0) is 20.7. The van der Waals surface area contributed by atoms with E-state index >= 15 is 0 Å². The summed E-state index contributed by atoms with van der Waals surface area (Å²) in [5, 5.41) is 5.31. The summed E-state index contributed by atoms with van der Waals surface area (Å²) in [5.41, 5.74) is 1.75. The summed E-state index contributed by atoms with van der Waals surface area (Å²) in [6, 6.07) is 5.30. The molecule has 9 heteroatoms. The first-order valence-electron chi connectivity index (χ1n) is 9.51. The standard InChI is InChI=1S/C19H29N3O5S/c1-4-27-19(24)21-10-9-20-18(23)16-7-11-22(12-8-16)28(25,26)17-6-5-14(2)13-15(17)3/h5-6,13,16H,4,7-12H2,1-3H3,(H,20,23)(H,21,24). The molecule has 0 spiro atoms. The van der Waals surface area contributed by atoms with E-state index in [9.17, 15) is 18.0 Å². The minimum atomic E-state index is -3.55. The monoisotopic (exact) mass is 411 g/mol. The molecule has 0 atom stereocenters. The summed E-state index contributed by atoms with van der Waals surface area (Å²) >= 11 is 0. The SMILES string of the molecule is CCOC(=O)NCCNC(=O)C1CCN(S(=O)(=O)c2ccc(C)cc2C)CC1. The summed E-state index contributed by atoms with van der Waals surface area (Å²) in [6.45, 7) is 6.95. The van der Waals surface area contributed by atoms with Crippen molar-refractivity contribution in [1.82, 2.24) is 14.9 Å². The molecule has 2 N–H and O–H groups in total. The van der Waals surface area contributed by atoms with Crippen LogP contribution in [-0.2, 0) is 19.6 Å². The Morgan fingerprint density at radius 1 is 1.14 bits per heavy atom. The minimum absolute atomic E-state index is 0.116. The average molecular weight is 412 g/mol. The molecule has 1 fully saturated rings. The van der Waals surface area contributed by atoms with Crippen LogP contribution in [0.5, 0.6) is 0 Å². The molecule has 1 saturated heterocycles. The average Bonchev–Trinajstić information content (AvgIpc) is 2.65. The normalized spacial score (nSPS) is 15.8. The van der Waals surface area contributed by atoms with E-state index in [-0.39, 0.29) is 18.4 Å². The fourth-order valence-electron chi connectivity index (χ4n) is 3.26. The molecule has 0 aliphatic carbocycles. The van der Waals surface area contributed by atoms with Gasteiger partial charge in [-0.15, -0.1) is 0 Å². The lowest BCUT2D eigenvalue weighted by Gasteiger charge is -2.31. The maximum absolute atomic E-state index is 12.9. The number of hydrogen-bond donors (Lipinski definition) is 2. The largest absolute Gasteiger partial charge is 0.450 e. The van der Waals surface area contributed by atoms with Crippen LogP contribution in [0.2, 0.25) is 0 Å². The number of carbonyl (C=O) groups excluding carboxylic acids is 2. The molecular weight excluding hydrogens is 382 g/mol. The Balaban J connectivity index is 1.83. The van der Waals surface area contributed by atoms with E-state index in [1.165, 1.54) is 4.31 Å². The van der Waals surface area contributed by atoms with Gasteiger partial charge in [0, 0.05) is 32.1 Å². The Morgan fingerprint density at radius 3 is 2.39 bits per heavy atom. The molecule has 0 radical (unpaired) electrons. The van der Waals surface area contributed by atoms with Gasteiger partial charge in [0.15, 0.2) is 0 Å². The number of nitrogens with zero attached hydrogens (tertiary/aromatic N) is 1. The smallest absolute Gasteiger partial charge is 0.407 e.